The first-order valence-electron chi connectivity index (χ1n) is 7.24. The number of benzene rings is 1. The van der Waals surface area contributed by atoms with Gasteiger partial charge in [0.1, 0.15) is 0 Å². The molecule has 2 nitrogen and oxygen atoms in total. The number of unbranched alkanes of at least 4 members (excludes halogenated alkanes) is 1. The summed E-state index contributed by atoms with van der Waals surface area (Å²) in [4.78, 5) is 0. The SMILES string of the molecule is CCC(NCCCCOC(C)C)c1cccc(Br)c1. The van der Waals surface area contributed by atoms with Crippen molar-refractivity contribution in [3.63, 3.8) is 0 Å². The molecule has 1 unspecified atom stereocenters. The Balaban J connectivity index is 2.26. The molecular formula is C16H26BrNO. The second-order valence-electron chi connectivity index (χ2n) is 5.10. The highest BCUT2D eigenvalue weighted by molar-refractivity contribution is 9.10. The van der Waals surface area contributed by atoms with Crippen LogP contribution < -0.4 is 5.32 Å². The van der Waals surface area contributed by atoms with E-state index in [9.17, 15) is 0 Å². The normalized spacial score (nSPS) is 12.9. The van der Waals surface area contributed by atoms with E-state index in [0.717, 1.165) is 36.9 Å². The monoisotopic (exact) mass is 327 g/mol. The van der Waals surface area contributed by atoms with Crippen molar-refractivity contribution in [3.05, 3.63) is 34.3 Å². The molecule has 0 bridgehead atoms. The zero-order chi connectivity index (χ0) is 14.1. The minimum Gasteiger partial charge on any atom is -0.379 e. The maximum atomic E-state index is 5.54. The summed E-state index contributed by atoms with van der Waals surface area (Å²) in [7, 11) is 0. The van der Waals surface area contributed by atoms with Crippen LogP contribution in [0.3, 0.4) is 0 Å². The molecule has 1 rings (SSSR count). The van der Waals surface area contributed by atoms with Gasteiger partial charge in [-0.25, -0.2) is 0 Å². The predicted molar refractivity (Wildman–Crippen MR) is 85.5 cm³/mol. The van der Waals surface area contributed by atoms with Crippen molar-refractivity contribution < 1.29 is 4.74 Å². The van der Waals surface area contributed by atoms with Crippen molar-refractivity contribution in [1.29, 1.82) is 0 Å². The summed E-state index contributed by atoms with van der Waals surface area (Å²) in [6, 6.07) is 9.00. The topological polar surface area (TPSA) is 21.3 Å². The fourth-order valence-corrected chi connectivity index (χ4v) is 2.46. The third-order valence-electron chi connectivity index (χ3n) is 3.07. The molecule has 0 saturated carbocycles. The van der Waals surface area contributed by atoms with E-state index >= 15 is 0 Å². The molecule has 1 aromatic carbocycles. The summed E-state index contributed by atoms with van der Waals surface area (Å²) in [6.45, 7) is 8.30. The standard InChI is InChI=1S/C16H26BrNO/c1-4-16(14-8-7-9-15(17)12-14)18-10-5-6-11-19-13(2)3/h7-9,12-13,16,18H,4-6,10-11H2,1-3H3. The highest BCUT2D eigenvalue weighted by Gasteiger charge is 2.08. The smallest absolute Gasteiger partial charge is 0.0518 e. The molecule has 1 N–H and O–H groups in total. The van der Waals surface area contributed by atoms with Gasteiger partial charge in [-0.3, -0.25) is 0 Å². The van der Waals surface area contributed by atoms with Gasteiger partial charge in [-0.2, -0.15) is 0 Å². The van der Waals surface area contributed by atoms with Gasteiger partial charge in [0.25, 0.3) is 0 Å². The van der Waals surface area contributed by atoms with E-state index in [-0.39, 0.29) is 0 Å². The molecule has 0 aliphatic carbocycles. The molecular weight excluding hydrogens is 302 g/mol. The molecule has 0 amide bonds. The minimum absolute atomic E-state index is 0.345. The zero-order valence-corrected chi connectivity index (χ0v) is 13.9. The van der Waals surface area contributed by atoms with E-state index in [4.69, 9.17) is 4.74 Å². The summed E-state index contributed by atoms with van der Waals surface area (Å²) in [6.07, 6.45) is 3.74. The highest BCUT2D eigenvalue weighted by atomic mass is 79.9. The van der Waals surface area contributed by atoms with Crippen LogP contribution in [-0.2, 0) is 4.74 Å². The fourth-order valence-electron chi connectivity index (χ4n) is 2.04. The lowest BCUT2D eigenvalue weighted by Gasteiger charge is -2.18. The molecule has 1 aromatic rings. The van der Waals surface area contributed by atoms with Gasteiger partial charge in [0, 0.05) is 17.1 Å². The average Bonchev–Trinajstić information content (AvgIpc) is 2.37. The van der Waals surface area contributed by atoms with Crippen LogP contribution in [0.15, 0.2) is 28.7 Å². The summed E-state index contributed by atoms with van der Waals surface area (Å²) < 4.78 is 6.69. The van der Waals surface area contributed by atoms with Crippen molar-refractivity contribution in [1.82, 2.24) is 5.32 Å². The average molecular weight is 328 g/mol. The Kier molecular flexibility index (Phi) is 8.35. The van der Waals surface area contributed by atoms with Gasteiger partial charge < -0.3 is 10.1 Å². The minimum atomic E-state index is 0.345. The number of nitrogens with one attached hydrogen (secondary N) is 1. The van der Waals surface area contributed by atoms with Crippen LogP contribution in [-0.4, -0.2) is 19.3 Å². The molecule has 19 heavy (non-hydrogen) atoms. The van der Waals surface area contributed by atoms with Crippen LogP contribution >= 0.6 is 15.9 Å². The van der Waals surface area contributed by atoms with Gasteiger partial charge in [-0.1, -0.05) is 35.0 Å². The van der Waals surface area contributed by atoms with Gasteiger partial charge in [0.2, 0.25) is 0 Å². The molecule has 0 aliphatic heterocycles. The molecule has 1 atom stereocenters. The van der Waals surface area contributed by atoms with Crippen LogP contribution in [0.1, 0.15) is 51.6 Å². The number of hydrogen-bond donors (Lipinski definition) is 1. The van der Waals surface area contributed by atoms with Crippen LogP contribution in [0.5, 0.6) is 0 Å². The molecule has 0 fully saturated rings. The van der Waals surface area contributed by atoms with E-state index in [0.29, 0.717) is 12.1 Å². The van der Waals surface area contributed by atoms with Crippen molar-refractivity contribution in [3.8, 4) is 0 Å². The Morgan fingerprint density at radius 2 is 2.05 bits per heavy atom. The molecule has 108 valence electrons. The van der Waals surface area contributed by atoms with Gasteiger partial charge >= 0.3 is 0 Å². The third kappa shape index (κ3) is 7.09. The van der Waals surface area contributed by atoms with Crippen molar-refractivity contribution >= 4 is 15.9 Å². The summed E-state index contributed by atoms with van der Waals surface area (Å²) >= 11 is 3.53. The summed E-state index contributed by atoms with van der Waals surface area (Å²) in [5.41, 5.74) is 1.36. The first kappa shape index (κ1) is 16.7. The molecule has 0 heterocycles. The largest absolute Gasteiger partial charge is 0.379 e. The van der Waals surface area contributed by atoms with Crippen LogP contribution in [0, 0.1) is 0 Å². The fraction of sp³-hybridized carbons (Fsp3) is 0.625. The lowest BCUT2D eigenvalue weighted by Crippen LogP contribution is -2.22. The lowest BCUT2D eigenvalue weighted by molar-refractivity contribution is 0.0759. The second kappa shape index (κ2) is 9.51. The molecule has 0 saturated heterocycles. The lowest BCUT2D eigenvalue weighted by atomic mass is 10.0. The maximum absolute atomic E-state index is 5.54. The third-order valence-corrected chi connectivity index (χ3v) is 3.57. The van der Waals surface area contributed by atoms with Crippen LogP contribution in [0.4, 0.5) is 0 Å². The quantitative estimate of drug-likeness (QED) is 0.664. The molecule has 3 heteroatoms. The molecule has 0 aromatic heterocycles. The number of hydrogen-bond acceptors (Lipinski definition) is 2. The molecule has 0 spiro atoms. The Morgan fingerprint density at radius 3 is 2.68 bits per heavy atom. The van der Waals surface area contributed by atoms with Gasteiger partial charge in [0.15, 0.2) is 0 Å². The van der Waals surface area contributed by atoms with Gasteiger partial charge in [-0.15, -0.1) is 0 Å². The van der Waals surface area contributed by atoms with E-state index in [1.54, 1.807) is 0 Å². The Bertz CT molecular complexity index is 354. The Labute approximate surface area is 126 Å². The first-order valence-corrected chi connectivity index (χ1v) is 8.03. The number of halogens is 1. The highest BCUT2D eigenvalue weighted by Crippen LogP contribution is 2.20. The molecule has 0 aliphatic rings. The van der Waals surface area contributed by atoms with Crippen LogP contribution in [0.2, 0.25) is 0 Å². The predicted octanol–water partition coefficient (Wildman–Crippen LogP) is 4.70. The summed E-state index contributed by atoms with van der Waals surface area (Å²) in [5.74, 6) is 0. The van der Waals surface area contributed by atoms with Crippen molar-refractivity contribution in [2.45, 2.75) is 52.2 Å². The Morgan fingerprint density at radius 1 is 1.26 bits per heavy atom. The van der Waals surface area contributed by atoms with E-state index < -0.39 is 0 Å². The van der Waals surface area contributed by atoms with Gasteiger partial charge in [-0.05, 0) is 57.4 Å². The van der Waals surface area contributed by atoms with E-state index in [1.807, 2.05) is 0 Å². The van der Waals surface area contributed by atoms with Crippen molar-refractivity contribution in [2.24, 2.45) is 0 Å². The van der Waals surface area contributed by atoms with Crippen LogP contribution in [0.25, 0.3) is 0 Å². The molecule has 0 radical (unpaired) electrons. The number of rotatable bonds is 9. The Hall–Kier alpha value is -0.380. The summed E-state index contributed by atoms with van der Waals surface area (Å²) in [5, 5.41) is 3.62. The number of ether oxygens (including phenoxy) is 1. The van der Waals surface area contributed by atoms with E-state index in [1.165, 1.54) is 5.56 Å². The first-order chi connectivity index (χ1) is 9.13. The maximum Gasteiger partial charge on any atom is 0.0518 e. The zero-order valence-electron chi connectivity index (χ0n) is 12.3. The second-order valence-corrected chi connectivity index (χ2v) is 6.01. The van der Waals surface area contributed by atoms with Gasteiger partial charge in [0.05, 0.1) is 6.10 Å². The van der Waals surface area contributed by atoms with Crippen molar-refractivity contribution in [2.75, 3.05) is 13.2 Å². The van der Waals surface area contributed by atoms with E-state index in [2.05, 4.69) is 66.3 Å².